The number of methoxy groups -OCH3 is 1. The van der Waals surface area contributed by atoms with Crippen LogP contribution >= 0.6 is 15.9 Å². The molecule has 0 heterocycles. The van der Waals surface area contributed by atoms with Crippen LogP contribution in [0.4, 0.5) is 0 Å². The lowest BCUT2D eigenvalue weighted by Gasteiger charge is -2.02. The van der Waals surface area contributed by atoms with Crippen molar-refractivity contribution in [2.45, 2.75) is 51.4 Å². The van der Waals surface area contributed by atoms with Gasteiger partial charge in [0.25, 0.3) is 0 Å². The molecule has 0 aromatic rings. The van der Waals surface area contributed by atoms with Crippen molar-refractivity contribution in [3.63, 3.8) is 0 Å². The minimum Gasteiger partial charge on any atom is -0.359 e. The van der Waals surface area contributed by atoms with Gasteiger partial charge in [0.15, 0.2) is 0 Å². The summed E-state index contributed by atoms with van der Waals surface area (Å²) >= 11 is 3.40. The highest BCUT2D eigenvalue weighted by atomic mass is 79.9. The van der Waals surface area contributed by atoms with Crippen molar-refractivity contribution in [2.24, 2.45) is 0 Å². The van der Waals surface area contributed by atoms with Gasteiger partial charge in [0.2, 0.25) is 0 Å². The van der Waals surface area contributed by atoms with Gasteiger partial charge in [-0.15, -0.1) is 11.8 Å². The van der Waals surface area contributed by atoms with Crippen LogP contribution in [-0.4, -0.2) is 25.8 Å². The molecular weight excluding hydrogens is 280 g/mol. The monoisotopic (exact) mass is 304 g/mol. The summed E-state index contributed by atoms with van der Waals surface area (Å²) < 4.78 is 10.0. The Kier molecular flexibility index (Phi) is 15.9. The number of halogens is 1. The van der Waals surface area contributed by atoms with Gasteiger partial charge in [0, 0.05) is 31.9 Å². The van der Waals surface area contributed by atoms with E-state index < -0.39 is 0 Å². The smallest absolute Gasteiger partial charge is 0.146 e. The molecule has 0 radical (unpaired) electrons. The lowest BCUT2D eigenvalue weighted by molar-refractivity contribution is -0.0315. The van der Waals surface area contributed by atoms with Crippen molar-refractivity contribution in [1.82, 2.24) is 0 Å². The quantitative estimate of drug-likeness (QED) is 0.247. The molecule has 0 bridgehead atoms. The second-order valence-electron chi connectivity index (χ2n) is 3.98. The zero-order valence-corrected chi connectivity index (χ0v) is 12.6. The van der Waals surface area contributed by atoms with Crippen LogP contribution in [0, 0.1) is 11.8 Å². The van der Waals surface area contributed by atoms with E-state index in [9.17, 15) is 0 Å². The summed E-state index contributed by atoms with van der Waals surface area (Å²) in [5.41, 5.74) is 0. The minimum atomic E-state index is 0.421. The summed E-state index contributed by atoms with van der Waals surface area (Å²) in [5, 5.41) is 1.06. The highest BCUT2D eigenvalue weighted by Gasteiger charge is 1.90. The summed E-state index contributed by atoms with van der Waals surface area (Å²) in [5.74, 6) is 6.42. The topological polar surface area (TPSA) is 18.5 Å². The molecule has 100 valence electrons. The Balaban J connectivity index is 2.99. The van der Waals surface area contributed by atoms with Crippen molar-refractivity contribution in [3.05, 3.63) is 0 Å². The van der Waals surface area contributed by atoms with E-state index in [-0.39, 0.29) is 0 Å². The fraction of sp³-hybridized carbons (Fsp3) is 0.857. The molecule has 0 atom stereocenters. The Morgan fingerprint density at radius 3 is 2.24 bits per heavy atom. The maximum Gasteiger partial charge on any atom is 0.146 e. The summed E-state index contributed by atoms with van der Waals surface area (Å²) in [7, 11) is 1.65. The van der Waals surface area contributed by atoms with E-state index in [0.29, 0.717) is 6.79 Å². The summed E-state index contributed by atoms with van der Waals surface area (Å²) in [6.45, 7) is 1.24. The lowest BCUT2D eigenvalue weighted by atomic mass is 10.1. The lowest BCUT2D eigenvalue weighted by Crippen LogP contribution is -1.98. The van der Waals surface area contributed by atoms with Gasteiger partial charge in [-0.25, -0.2) is 0 Å². The minimum absolute atomic E-state index is 0.421. The van der Waals surface area contributed by atoms with Gasteiger partial charge in [-0.3, -0.25) is 0 Å². The Labute approximate surface area is 115 Å². The fourth-order valence-corrected chi connectivity index (χ4v) is 1.70. The van der Waals surface area contributed by atoms with Gasteiger partial charge in [-0.05, 0) is 19.3 Å². The Hall–Kier alpha value is -0.0400. The average molecular weight is 305 g/mol. The molecule has 0 rings (SSSR count). The van der Waals surface area contributed by atoms with E-state index in [1.807, 2.05) is 0 Å². The van der Waals surface area contributed by atoms with Crippen molar-refractivity contribution >= 4 is 15.9 Å². The van der Waals surface area contributed by atoms with Gasteiger partial charge in [0.05, 0.1) is 0 Å². The predicted molar refractivity (Wildman–Crippen MR) is 76.3 cm³/mol. The third-order valence-corrected chi connectivity index (χ3v) is 2.91. The molecule has 0 fully saturated rings. The van der Waals surface area contributed by atoms with E-state index >= 15 is 0 Å². The first-order chi connectivity index (χ1) is 8.41. The Morgan fingerprint density at radius 1 is 0.882 bits per heavy atom. The van der Waals surface area contributed by atoms with Crippen LogP contribution in [0.3, 0.4) is 0 Å². The largest absolute Gasteiger partial charge is 0.359 e. The van der Waals surface area contributed by atoms with Gasteiger partial charge < -0.3 is 9.47 Å². The standard InChI is InChI=1S/C14H25BrO2/c1-16-14-17-13-11-9-7-5-3-2-4-6-8-10-12-15/h2-3,5,7-14H2,1H3. The summed E-state index contributed by atoms with van der Waals surface area (Å²) in [6, 6.07) is 0. The first-order valence-corrected chi connectivity index (χ1v) is 7.62. The molecule has 0 aliphatic carbocycles. The third kappa shape index (κ3) is 16.0. The van der Waals surface area contributed by atoms with Crippen molar-refractivity contribution in [1.29, 1.82) is 0 Å². The molecule has 0 aliphatic rings. The first kappa shape index (κ1) is 17.0. The van der Waals surface area contributed by atoms with E-state index in [1.54, 1.807) is 7.11 Å². The van der Waals surface area contributed by atoms with Gasteiger partial charge in [0.1, 0.15) is 6.79 Å². The summed E-state index contributed by atoms with van der Waals surface area (Å²) in [4.78, 5) is 0. The van der Waals surface area contributed by atoms with Crippen molar-refractivity contribution in [3.8, 4) is 11.8 Å². The Morgan fingerprint density at radius 2 is 1.53 bits per heavy atom. The number of hydrogen-bond acceptors (Lipinski definition) is 2. The van der Waals surface area contributed by atoms with Crippen LogP contribution in [0.2, 0.25) is 0 Å². The summed E-state index contributed by atoms with van der Waals surface area (Å²) in [6.07, 6.45) is 9.46. The number of alkyl halides is 1. The number of hydrogen-bond donors (Lipinski definition) is 0. The molecule has 2 nitrogen and oxygen atoms in total. The van der Waals surface area contributed by atoms with Crippen LogP contribution in [0.25, 0.3) is 0 Å². The highest BCUT2D eigenvalue weighted by molar-refractivity contribution is 9.09. The van der Waals surface area contributed by atoms with E-state index in [0.717, 1.165) is 37.6 Å². The average Bonchev–Trinajstić information content (AvgIpc) is 2.35. The maximum atomic E-state index is 5.22. The second kappa shape index (κ2) is 16.0. The molecule has 0 saturated carbocycles. The molecule has 0 aliphatic heterocycles. The van der Waals surface area contributed by atoms with E-state index in [4.69, 9.17) is 9.47 Å². The van der Waals surface area contributed by atoms with Gasteiger partial charge in [-0.2, -0.15) is 0 Å². The van der Waals surface area contributed by atoms with Crippen LogP contribution in [0.1, 0.15) is 51.4 Å². The van der Waals surface area contributed by atoms with E-state index in [1.165, 1.54) is 25.7 Å². The van der Waals surface area contributed by atoms with Gasteiger partial charge in [-0.1, -0.05) is 35.2 Å². The molecule has 0 unspecified atom stereocenters. The molecular formula is C14H25BrO2. The normalized spacial score (nSPS) is 10.0. The van der Waals surface area contributed by atoms with E-state index in [2.05, 4.69) is 27.8 Å². The maximum absolute atomic E-state index is 5.22. The molecule has 17 heavy (non-hydrogen) atoms. The molecule has 0 saturated heterocycles. The van der Waals surface area contributed by atoms with Crippen LogP contribution in [-0.2, 0) is 9.47 Å². The molecule has 3 heteroatoms. The molecule has 0 aromatic heterocycles. The molecule has 0 aromatic carbocycles. The van der Waals surface area contributed by atoms with Crippen LogP contribution in [0.5, 0.6) is 0 Å². The molecule has 0 amide bonds. The number of rotatable bonds is 11. The van der Waals surface area contributed by atoms with Gasteiger partial charge >= 0.3 is 0 Å². The Bertz CT molecular complexity index is 196. The number of unbranched alkanes of at least 4 members (excludes halogenated alkanes) is 6. The number of ether oxygens (including phenoxy) is 2. The molecule has 0 spiro atoms. The molecule has 0 N–H and O–H groups in total. The zero-order chi connectivity index (χ0) is 12.6. The highest BCUT2D eigenvalue weighted by Crippen LogP contribution is 2.05. The third-order valence-electron chi connectivity index (χ3n) is 2.35. The van der Waals surface area contributed by atoms with Crippen LogP contribution in [0.15, 0.2) is 0 Å². The first-order valence-electron chi connectivity index (χ1n) is 6.50. The fourth-order valence-electron chi connectivity index (χ4n) is 1.42. The van der Waals surface area contributed by atoms with Crippen LogP contribution < -0.4 is 0 Å². The van der Waals surface area contributed by atoms with Crippen molar-refractivity contribution in [2.75, 3.05) is 25.8 Å². The SMILES string of the molecule is COCOCCCCCCCC#CCCCBr. The zero-order valence-electron chi connectivity index (χ0n) is 11.0. The van der Waals surface area contributed by atoms with Crippen molar-refractivity contribution < 1.29 is 9.47 Å². The second-order valence-corrected chi connectivity index (χ2v) is 4.77. The predicted octanol–water partition coefficient (Wildman–Crippen LogP) is 4.13.